The number of hydrogen-bond acceptors (Lipinski definition) is 7. The van der Waals surface area contributed by atoms with E-state index in [4.69, 9.17) is 11.6 Å². The van der Waals surface area contributed by atoms with Crippen molar-refractivity contribution in [3.63, 3.8) is 0 Å². The molecule has 0 fully saturated rings. The van der Waals surface area contributed by atoms with Crippen LogP contribution in [0.5, 0.6) is 0 Å². The zero-order valence-corrected chi connectivity index (χ0v) is 10.1. The van der Waals surface area contributed by atoms with Crippen molar-refractivity contribution in [2.75, 3.05) is 5.73 Å². The SMILES string of the molecule is NNC(=O)c1ccc(CSc2n[nH]c(N)n2)nc1. The van der Waals surface area contributed by atoms with Crippen LogP contribution in [0.2, 0.25) is 0 Å². The molecule has 0 bridgehead atoms. The largest absolute Gasteiger partial charge is 0.368 e. The number of nitrogens with two attached hydrogens (primary N) is 2. The summed E-state index contributed by atoms with van der Waals surface area (Å²) in [7, 11) is 0. The summed E-state index contributed by atoms with van der Waals surface area (Å²) in [5.41, 5.74) is 8.65. The van der Waals surface area contributed by atoms with Gasteiger partial charge in [0.15, 0.2) is 0 Å². The Kier molecular flexibility index (Phi) is 3.75. The maximum atomic E-state index is 11.2. The number of rotatable bonds is 4. The molecule has 0 unspecified atom stereocenters. The molecule has 18 heavy (non-hydrogen) atoms. The number of pyridine rings is 1. The van der Waals surface area contributed by atoms with E-state index in [0.29, 0.717) is 16.5 Å². The summed E-state index contributed by atoms with van der Waals surface area (Å²) < 4.78 is 0. The number of carbonyl (C=O) groups excluding carboxylic acids is 1. The predicted molar refractivity (Wildman–Crippen MR) is 66.2 cm³/mol. The summed E-state index contributed by atoms with van der Waals surface area (Å²) in [6.07, 6.45) is 1.46. The van der Waals surface area contributed by atoms with Crippen LogP contribution in [0.15, 0.2) is 23.5 Å². The summed E-state index contributed by atoms with van der Waals surface area (Å²) in [5, 5.41) is 6.98. The second kappa shape index (κ2) is 5.47. The molecule has 8 nitrogen and oxygen atoms in total. The van der Waals surface area contributed by atoms with Crippen molar-refractivity contribution < 1.29 is 4.79 Å². The van der Waals surface area contributed by atoms with E-state index >= 15 is 0 Å². The number of nitrogens with zero attached hydrogens (tertiary/aromatic N) is 3. The van der Waals surface area contributed by atoms with E-state index in [2.05, 4.69) is 20.2 Å². The normalized spacial score (nSPS) is 10.3. The van der Waals surface area contributed by atoms with Crippen molar-refractivity contribution in [3.05, 3.63) is 29.6 Å². The lowest BCUT2D eigenvalue weighted by Crippen LogP contribution is -2.30. The molecular weight excluding hydrogens is 254 g/mol. The Labute approximate surface area is 107 Å². The lowest BCUT2D eigenvalue weighted by Gasteiger charge is -2.01. The van der Waals surface area contributed by atoms with Crippen LogP contribution in [0.3, 0.4) is 0 Å². The van der Waals surface area contributed by atoms with Gasteiger partial charge in [0.05, 0.1) is 11.3 Å². The third-order valence-corrected chi connectivity index (χ3v) is 2.93. The molecule has 0 saturated heterocycles. The number of hydrazine groups is 1. The van der Waals surface area contributed by atoms with Gasteiger partial charge in [0, 0.05) is 11.9 Å². The molecule has 0 saturated carbocycles. The Bertz CT molecular complexity index is 538. The highest BCUT2D eigenvalue weighted by atomic mass is 32.2. The van der Waals surface area contributed by atoms with Crippen LogP contribution in [0.1, 0.15) is 16.1 Å². The van der Waals surface area contributed by atoms with Crippen molar-refractivity contribution in [2.24, 2.45) is 5.84 Å². The van der Waals surface area contributed by atoms with Crippen LogP contribution < -0.4 is 17.0 Å². The van der Waals surface area contributed by atoms with Gasteiger partial charge in [0.25, 0.3) is 5.91 Å². The summed E-state index contributed by atoms with van der Waals surface area (Å²) in [6, 6.07) is 3.39. The van der Waals surface area contributed by atoms with Gasteiger partial charge in [0.2, 0.25) is 11.1 Å². The van der Waals surface area contributed by atoms with Crippen LogP contribution in [0, 0.1) is 0 Å². The third-order valence-electron chi connectivity index (χ3n) is 2.05. The van der Waals surface area contributed by atoms with Gasteiger partial charge < -0.3 is 5.73 Å². The Morgan fingerprint density at radius 2 is 2.33 bits per heavy atom. The van der Waals surface area contributed by atoms with Gasteiger partial charge in [-0.1, -0.05) is 11.8 Å². The quantitative estimate of drug-likeness (QED) is 0.257. The van der Waals surface area contributed by atoms with E-state index < -0.39 is 0 Å². The first-order valence-corrected chi connectivity index (χ1v) is 5.94. The van der Waals surface area contributed by atoms with Crippen LogP contribution in [0.4, 0.5) is 5.95 Å². The molecule has 0 aliphatic heterocycles. The number of hydrogen-bond donors (Lipinski definition) is 4. The molecule has 94 valence electrons. The van der Waals surface area contributed by atoms with Gasteiger partial charge in [-0.3, -0.25) is 15.2 Å². The standard InChI is InChI=1S/C9H11N7OS/c10-8-13-9(16-15-8)18-4-6-2-1-5(3-12-6)7(17)14-11/h1-3H,4,11H2,(H,14,17)(H3,10,13,15,16). The molecule has 0 aliphatic carbocycles. The Morgan fingerprint density at radius 3 is 2.89 bits per heavy atom. The fourth-order valence-corrected chi connectivity index (χ4v) is 1.91. The van der Waals surface area contributed by atoms with E-state index in [1.54, 1.807) is 12.1 Å². The predicted octanol–water partition coefficient (Wildman–Crippen LogP) is -0.322. The molecule has 2 aromatic rings. The number of nitrogens with one attached hydrogen (secondary N) is 2. The molecule has 0 spiro atoms. The first-order chi connectivity index (χ1) is 8.69. The van der Waals surface area contributed by atoms with E-state index in [1.165, 1.54) is 18.0 Å². The van der Waals surface area contributed by atoms with E-state index in [1.807, 2.05) is 5.43 Å². The van der Waals surface area contributed by atoms with Gasteiger partial charge in [-0.15, -0.1) is 5.10 Å². The second-order valence-electron chi connectivity index (χ2n) is 3.30. The molecule has 0 radical (unpaired) electrons. The van der Waals surface area contributed by atoms with Crippen molar-refractivity contribution >= 4 is 23.6 Å². The molecule has 1 amide bonds. The summed E-state index contributed by atoms with van der Waals surface area (Å²) in [4.78, 5) is 19.3. The molecule has 2 aromatic heterocycles. The molecule has 2 heterocycles. The molecule has 0 atom stereocenters. The Hall–Kier alpha value is -2.13. The monoisotopic (exact) mass is 265 g/mol. The molecule has 0 aromatic carbocycles. The van der Waals surface area contributed by atoms with Crippen LogP contribution in [-0.2, 0) is 5.75 Å². The number of carbonyl (C=O) groups is 1. The number of aromatic nitrogens is 4. The summed E-state index contributed by atoms with van der Waals surface area (Å²) in [6.45, 7) is 0. The number of aromatic amines is 1. The summed E-state index contributed by atoms with van der Waals surface area (Å²) in [5.74, 6) is 5.51. The van der Waals surface area contributed by atoms with E-state index in [-0.39, 0.29) is 11.9 Å². The van der Waals surface area contributed by atoms with Gasteiger partial charge in [-0.2, -0.15) is 4.98 Å². The van der Waals surface area contributed by atoms with Crippen molar-refractivity contribution in [1.29, 1.82) is 0 Å². The lowest BCUT2D eigenvalue weighted by molar-refractivity contribution is 0.0953. The maximum Gasteiger partial charge on any atom is 0.266 e. The minimum atomic E-state index is -0.372. The fourth-order valence-electron chi connectivity index (χ4n) is 1.19. The zero-order chi connectivity index (χ0) is 13.0. The smallest absolute Gasteiger partial charge is 0.266 e. The maximum absolute atomic E-state index is 11.2. The van der Waals surface area contributed by atoms with Crippen LogP contribution in [0.25, 0.3) is 0 Å². The molecule has 2 rings (SSSR count). The highest BCUT2D eigenvalue weighted by Crippen LogP contribution is 2.18. The number of amides is 1. The van der Waals surface area contributed by atoms with Crippen LogP contribution in [-0.4, -0.2) is 26.1 Å². The Morgan fingerprint density at radius 1 is 1.50 bits per heavy atom. The highest BCUT2D eigenvalue weighted by Gasteiger charge is 2.05. The Balaban J connectivity index is 1.96. The lowest BCUT2D eigenvalue weighted by atomic mass is 10.2. The first-order valence-electron chi connectivity index (χ1n) is 4.95. The minimum absolute atomic E-state index is 0.278. The van der Waals surface area contributed by atoms with E-state index in [9.17, 15) is 4.79 Å². The third kappa shape index (κ3) is 2.96. The van der Waals surface area contributed by atoms with Gasteiger partial charge in [-0.05, 0) is 12.1 Å². The second-order valence-corrected chi connectivity index (χ2v) is 4.25. The molecule has 0 aliphatic rings. The minimum Gasteiger partial charge on any atom is -0.368 e. The fraction of sp³-hybridized carbons (Fsp3) is 0.111. The van der Waals surface area contributed by atoms with Crippen molar-refractivity contribution in [1.82, 2.24) is 25.6 Å². The van der Waals surface area contributed by atoms with Gasteiger partial charge >= 0.3 is 0 Å². The average molecular weight is 265 g/mol. The van der Waals surface area contributed by atoms with Gasteiger partial charge in [0.1, 0.15) is 0 Å². The highest BCUT2D eigenvalue weighted by molar-refractivity contribution is 7.98. The number of nitrogen functional groups attached to an aromatic ring is 2. The first kappa shape index (κ1) is 12.3. The van der Waals surface area contributed by atoms with E-state index in [0.717, 1.165) is 5.69 Å². The number of H-pyrrole nitrogens is 1. The molecule has 9 heteroatoms. The summed E-state index contributed by atoms with van der Waals surface area (Å²) >= 11 is 1.39. The van der Waals surface area contributed by atoms with Crippen molar-refractivity contribution in [3.8, 4) is 0 Å². The van der Waals surface area contributed by atoms with Crippen LogP contribution >= 0.6 is 11.8 Å². The van der Waals surface area contributed by atoms with Gasteiger partial charge in [-0.25, -0.2) is 10.9 Å². The van der Waals surface area contributed by atoms with Crippen molar-refractivity contribution in [2.45, 2.75) is 10.9 Å². The number of thioether (sulfide) groups is 1. The zero-order valence-electron chi connectivity index (χ0n) is 9.25. The number of anilines is 1. The molecular formula is C9H11N7OS. The topological polar surface area (TPSA) is 136 Å². The average Bonchev–Trinajstić information content (AvgIpc) is 2.82. The molecule has 6 N–H and O–H groups in total.